The molecule has 1 aromatic heterocycles. The van der Waals surface area contributed by atoms with Crippen LogP contribution in [-0.2, 0) is 0 Å². The van der Waals surface area contributed by atoms with Crippen LogP contribution >= 0.6 is 0 Å². The number of ether oxygens (including phenoxy) is 1. The number of hydrogen-bond acceptors (Lipinski definition) is 4. The van der Waals surface area contributed by atoms with Gasteiger partial charge in [-0.3, -0.25) is 0 Å². The van der Waals surface area contributed by atoms with Crippen LogP contribution in [0.4, 0.5) is 5.69 Å². The van der Waals surface area contributed by atoms with Crippen LogP contribution < -0.4 is 15.3 Å². The van der Waals surface area contributed by atoms with E-state index >= 15 is 0 Å². The summed E-state index contributed by atoms with van der Waals surface area (Å²) in [5.41, 5.74) is 1.31. The Morgan fingerprint density at radius 2 is 1.78 bits per heavy atom. The maximum atomic E-state index is 11.5. The SMILES string of the molecule is COc1ccc(-c2cc(N(C)C)cc(=O)o2)cc1. The molecule has 0 spiro atoms. The van der Waals surface area contributed by atoms with Crippen LogP contribution in [0, 0.1) is 0 Å². The number of nitrogens with zero attached hydrogens (tertiary/aromatic N) is 1. The maximum absolute atomic E-state index is 11.5. The molecule has 94 valence electrons. The first-order chi connectivity index (χ1) is 8.60. The predicted molar refractivity (Wildman–Crippen MR) is 71.3 cm³/mol. The fraction of sp³-hybridized carbons (Fsp3) is 0.214. The van der Waals surface area contributed by atoms with Gasteiger partial charge in [-0.05, 0) is 24.3 Å². The van der Waals surface area contributed by atoms with E-state index in [9.17, 15) is 4.79 Å². The van der Waals surface area contributed by atoms with Crippen molar-refractivity contribution in [3.05, 3.63) is 46.8 Å². The second-order valence-electron chi connectivity index (χ2n) is 4.12. The molecule has 0 aliphatic heterocycles. The van der Waals surface area contributed by atoms with Crippen LogP contribution in [0.1, 0.15) is 0 Å². The second-order valence-corrected chi connectivity index (χ2v) is 4.12. The van der Waals surface area contributed by atoms with E-state index in [1.54, 1.807) is 7.11 Å². The lowest BCUT2D eigenvalue weighted by atomic mass is 10.1. The molecule has 4 nitrogen and oxygen atoms in total. The van der Waals surface area contributed by atoms with Crippen LogP contribution in [0.15, 0.2) is 45.6 Å². The van der Waals surface area contributed by atoms with Crippen molar-refractivity contribution in [3.63, 3.8) is 0 Å². The van der Waals surface area contributed by atoms with Crippen molar-refractivity contribution >= 4 is 5.69 Å². The van der Waals surface area contributed by atoms with Gasteiger partial charge < -0.3 is 14.1 Å². The summed E-state index contributed by atoms with van der Waals surface area (Å²) in [6, 6.07) is 10.7. The smallest absolute Gasteiger partial charge is 0.338 e. The molecule has 0 aliphatic rings. The van der Waals surface area contributed by atoms with Gasteiger partial charge in [-0.1, -0.05) is 0 Å². The largest absolute Gasteiger partial charge is 0.497 e. The quantitative estimate of drug-likeness (QED) is 0.832. The van der Waals surface area contributed by atoms with Crippen LogP contribution in [0.2, 0.25) is 0 Å². The van der Waals surface area contributed by atoms with Crippen LogP contribution in [0.3, 0.4) is 0 Å². The highest BCUT2D eigenvalue weighted by Gasteiger charge is 2.06. The van der Waals surface area contributed by atoms with E-state index in [-0.39, 0.29) is 5.63 Å². The summed E-state index contributed by atoms with van der Waals surface area (Å²) in [5, 5.41) is 0. The average molecular weight is 245 g/mol. The second kappa shape index (κ2) is 4.96. The summed E-state index contributed by atoms with van der Waals surface area (Å²) in [6.45, 7) is 0. The number of methoxy groups -OCH3 is 1. The summed E-state index contributed by atoms with van der Waals surface area (Å²) in [6.07, 6.45) is 0. The van der Waals surface area contributed by atoms with Gasteiger partial charge in [-0.15, -0.1) is 0 Å². The summed E-state index contributed by atoms with van der Waals surface area (Å²) >= 11 is 0. The molecule has 0 saturated carbocycles. The molecular weight excluding hydrogens is 230 g/mol. The first kappa shape index (κ1) is 12.2. The van der Waals surface area contributed by atoms with E-state index in [4.69, 9.17) is 9.15 Å². The van der Waals surface area contributed by atoms with Gasteiger partial charge in [0.25, 0.3) is 0 Å². The standard InChI is InChI=1S/C14H15NO3/c1-15(2)11-8-13(18-14(16)9-11)10-4-6-12(17-3)7-5-10/h4-9H,1-3H3. The summed E-state index contributed by atoms with van der Waals surface area (Å²) < 4.78 is 10.3. The third-order valence-electron chi connectivity index (χ3n) is 2.65. The monoisotopic (exact) mass is 245 g/mol. The summed E-state index contributed by atoms with van der Waals surface area (Å²) in [7, 11) is 5.38. The highest BCUT2D eigenvalue weighted by molar-refractivity contribution is 5.63. The zero-order chi connectivity index (χ0) is 13.1. The molecule has 2 rings (SSSR count). The molecule has 0 atom stereocenters. The molecule has 2 aromatic rings. The van der Waals surface area contributed by atoms with Crippen molar-refractivity contribution in [1.29, 1.82) is 0 Å². The van der Waals surface area contributed by atoms with Crippen molar-refractivity contribution in [3.8, 4) is 17.1 Å². The van der Waals surface area contributed by atoms with Crippen molar-refractivity contribution < 1.29 is 9.15 Å². The molecule has 0 radical (unpaired) electrons. The van der Waals surface area contributed by atoms with E-state index < -0.39 is 0 Å². The lowest BCUT2D eigenvalue weighted by Crippen LogP contribution is -2.11. The Morgan fingerprint density at radius 3 is 2.33 bits per heavy atom. The number of rotatable bonds is 3. The van der Waals surface area contributed by atoms with E-state index in [2.05, 4.69) is 0 Å². The first-order valence-electron chi connectivity index (χ1n) is 5.57. The van der Waals surface area contributed by atoms with Gasteiger partial charge in [-0.25, -0.2) is 4.79 Å². The molecule has 0 N–H and O–H groups in total. The normalized spacial score (nSPS) is 10.2. The lowest BCUT2D eigenvalue weighted by molar-refractivity contribution is 0.415. The topological polar surface area (TPSA) is 42.7 Å². The Hall–Kier alpha value is -2.23. The Kier molecular flexibility index (Phi) is 3.37. The minimum atomic E-state index is -0.355. The van der Waals surface area contributed by atoms with Crippen molar-refractivity contribution in [1.82, 2.24) is 0 Å². The van der Waals surface area contributed by atoms with E-state index in [0.29, 0.717) is 5.76 Å². The lowest BCUT2D eigenvalue weighted by Gasteiger charge is -2.12. The van der Waals surface area contributed by atoms with Gasteiger partial charge in [0.1, 0.15) is 11.5 Å². The highest BCUT2D eigenvalue weighted by Crippen LogP contribution is 2.24. The predicted octanol–water partition coefficient (Wildman–Crippen LogP) is 2.38. The molecule has 1 heterocycles. The number of benzene rings is 1. The summed E-state index contributed by atoms with van der Waals surface area (Å²) in [5.74, 6) is 1.32. The van der Waals surface area contributed by atoms with Gasteiger partial charge in [0.15, 0.2) is 0 Å². The van der Waals surface area contributed by atoms with Gasteiger partial charge in [0.05, 0.1) is 7.11 Å². The minimum Gasteiger partial charge on any atom is -0.497 e. The van der Waals surface area contributed by atoms with E-state index in [0.717, 1.165) is 17.0 Å². The molecule has 0 aliphatic carbocycles. The van der Waals surface area contributed by atoms with Gasteiger partial charge in [0, 0.05) is 37.5 Å². The number of hydrogen-bond donors (Lipinski definition) is 0. The Bertz CT molecular complexity index is 585. The molecule has 1 aromatic carbocycles. The fourth-order valence-corrected chi connectivity index (χ4v) is 1.62. The zero-order valence-electron chi connectivity index (χ0n) is 10.6. The van der Waals surface area contributed by atoms with Crippen molar-refractivity contribution in [2.75, 3.05) is 26.1 Å². The summed E-state index contributed by atoms with van der Waals surface area (Å²) in [4.78, 5) is 13.4. The minimum absolute atomic E-state index is 0.355. The first-order valence-corrected chi connectivity index (χ1v) is 5.57. The van der Waals surface area contributed by atoms with E-state index in [1.807, 2.05) is 49.3 Å². The molecule has 0 saturated heterocycles. The molecule has 0 bridgehead atoms. The molecule has 0 amide bonds. The van der Waals surface area contributed by atoms with Crippen molar-refractivity contribution in [2.45, 2.75) is 0 Å². The van der Waals surface area contributed by atoms with Crippen molar-refractivity contribution in [2.24, 2.45) is 0 Å². The molecule has 0 unspecified atom stereocenters. The van der Waals surface area contributed by atoms with Gasteiger partial charge >= 0.3 is 5.63 Å². The molecule has 0 fully saturated rings. The highest BCUT2D eigenvalue weighted by atomic mass is 16.5. The Morgan fingerprint density at radius 1 is 1.11 bits per heavy atom. The Balaban J connectivity index is 2.46. The molecule has 4 heteroatoms. The van der Waals surface area contributed by atoms with Crippen LogP contribution in [0.25, 0.3) is 11.3 Å². The fourth-order valence-electron chi connectivity index (χ4n) is 1.62. The van der Waals surface area contributed by atoms with Gasteiger partial charge in [-0.2, -0.15) is 0 Å². The molecular formula is C14H15NO3. The molecule has 18 heavy (non-hydrogen) atoms. The number of anilines is 1. The van der Waals surface area contributed by atoms with Crippen LogP contribution in [0.5, 0.6) is 5.75 Å². The third-order valence-corrected chi connectivity index (χ3v) is 2.65. The van der Waals surface area contributed by atoms with E-state index in [1.165, 1.54) is 6.07 Å². The average Bonchev–Trinajstić information content (AvgIpc) is 2.38. The van der Waals surface area contributed by atoms with Crippen LogP contribution in [-0.4, -0.2) is 21.2 Å². The van der Waals surface area contributed by atoms with Gasteiger partial charge in [0.2, 0.25) is 0 Å². The Labute approximate surface area is 105 Å². The third kappa shape index (κ3) is 2.53. The maximum Gasteiger partial charge on any atom is 0.338 e. The zero-order valence-corrected chi connectivity index (χ0v) is 10.6.